The Morgan fingerprint density at radius 2 is 1.62 bits per heavy atom. The third kappa shape index (κ3) is 9.71. The van der Waals surface area contributed by atoms with Crippen LogP contribution in [-0.4, -0.2) is 104 Å². The molecule has 1 aliphatic heterocycles. The van der Waals surface area contributed by atoms with Crippen molar-refractivity contribution in [1.82, 2.24) is 36.1 Å². The van der Waals surface area contributed by atoms with Gasteiger partial charge in [0.1, 0.15) is 29.9 Å². The van der Waals surface area contributed by atoms with Gasteiger partial charge in [0, 0.05) is 18.9 Å². The third-order valence-electron chi connectivity index (χ3n) is 10.7. The van der Waals surface area contributed by atoms with Gasteiger partial charge in [-0.3, -0.25) is 38.5 Å². The first kappa shape index (κ1) is 41.2. The number of carbonyl (C=O) groups excluding carboxylic acids is 6. The smallest absolute Gasteiger partial charge is 0.383 e. The van der Waals surface area contributed by atoms with Crippen LogP contribution in [0.1, 0.15) is 102 Å². The number of fused-ring (bicyclic) bond motifs is 1. The Hall–Kier alpha value is -4.57. The van der Waals surface area contributed by atoms with Crippen LogP contribution in [0.4, 0.5) is 8.78 Å². The number of carboxylic acids is 1. The van der Waals surface area contributed by atoms with E-state index in [1.165, 1.54) is 23.5 Å². The predicted octanol–water partition coefficient (Wildman–Crippen LogP) is 2.00. The first-order valence-electron chi connectivity index (χ1n) is 18.5. The molecule has 0 aromatic carbocycles. The van der Waals surface area contributed by atoms with E-state index in [1.807, 2.05) is 0 Å². The van der Waals surface area contributed by atoms with E-state index in [0.29, 0.717) is 25.7 Å². The summed E-state index contributed by atoms with van der Waals surface area (Å²) in [6.45, 7) is 6.21. The second-order valence-corrected chi connectivity index (χ2v) is 14.8. The molecule has 0 bridgehead atoms. The van der Waals surface area contributed by atoms with Crippen molar-refractivity contribution in [3.8, 4) is 0 Å². The maximum atomic E-state index is 15.1. The average molecular weight is 748 g/mol. The third-order valence-corrected chi connectivity index (χ3v) is 10.7. The number of hydrogen-bond donors (Lipinski definition) is 5. The summed E-state index contributed by atoms with van der Waals surface area (Å²) in [6, 6.07) is -6.73. The number of likely N-dealkylation sites (tertiary alicyclic amines) is 1. The average Bonchev–Trinajstić information content (AvgIpc) is 3.74. The summed E-state index contributed by atoms with van der Waals surface area (Å²) >= 11 is 0. The lowest BCUT2D eigenvalue weighted by molar-refractivity contribution is -0.162. The molecular formula is C36H51F2N7O8. The molecule has 5 N–H and O–H groups in total. The zero-order valence-corrected chi connectivity index (χ0v) is 30.6. The van der Waals surface area contributed by atoms with E-state index in [0.717, 1.165) is 32.6 Å². The van der Waals surface area contributed by atoms with Crippen molar-refractivity contribution in [2.24, 2.45) is 23.7 Å². The molecule has 2 heterocycles. The zero-order chi connectivity index (χ0) is 39.0. The molecule has 3 fully saturated rings. The van der Waals surface area contributed by atoms with Crippen LogP contribution in [0.3, 0.4) is 0 Å². The second-order valence-electron chi connectivity index (χ2n) is 14.8. The molecule has 17 heteroatoms. The molecule has 1 aromatic heterocycles. The predicted molar refractivity (Wildman–Crippen MR) is 185 cm³/mol. The highest BCUT2D eigenvalue weighted by molar-refractivity contribution is 6.11. The van der Waals surface area contributed by atoms with Crippen LogP contribution in [0, 0.1) is 23.7 Å². The zero-order valence-electron chi connectivity index (χ0n) is 30.6. The van der Waals surface area contributed by atoms with Crippen LogP contribution in [0.2, 0.25) is 0 Å². The van der Waals surface area contributed by atoms with Crippen molar-refractivity contribution in [2.75, 3.05) is 6.54 Å². The van der Waals surface area contributed by atoms with E-state index >= 15 is 8.78 Å². The van der Waals surface area contributed by atoms with Crippen molar-refractivity contribution in [1.29, 1.82) is 0 Å². The minimum Gasteiger partial charge on any atom is -0.480 e. The number of rotatable bonds is 16. The fraction of sp³-hybridized carbons (Fsp3) is 0.694. The number of nitrogens with one attached hydrogen (secondary N) is 4. The monoisotopic (exact) mass is 747 g/mol. The van der Waals surface area contributed by atoms with Gasteiger partial charge in [0.15, 0.2) is 0 Å². The summed E-state index contributed by atoms with van der Waals surface area (Å²) in [7, 11) is 0. The van der Waals surface area contributed by atoms with E-state index < -0.39 is 83.3 Å². The molecule has 292 valence electrons. The number of Topliss-reactive ketones (excluding diaryl/α,β-unsaturated/α-hetero) is 1. The summed E-state index contributed by atoms with van der Waals surface area (Å²) in [5, 5.41) is 18.7. The van der Waals surface area contributed by atoms with E-state index in [1.54, 1.807) is 26.1 Å². The van der Waals surface area contributed by atoms with Gasteiger partial charge in [-0.1, -0.05) is 52.9 Å². The summed E-state index contributed by atoms with van der Waals surface area (Å²) < 4.78 is 30.2. The standard InChI is InChI=1S/C36H51F2N7O8/c1-5-10-24(29(46)36(37,38)35(53)41-20(4)34(51)52)42-32(49)28-23-14-9-13-22(23)18-45(28)33(50)26(19(2)3)43-31(48)27(21-11-7-6-8-12-21)44-30(47)25-17-39-15-16-40-25/h15-17,19-24,26-28H,5-14,18H2,1-4H3,(H,41,53)(H,42,49)(H,43,48)(H,44,47)(H,51,52)/t20-,22-,23-,24-,26-,27-,28-/m0/s1. The van der Waals surface area contributed by atoms with Crippen molar-refractivity contribution in [3.05, 3.63) is 24.3 Å². The molecule has 0 spiro atoms. The Kier molecular flexibility index (Phi) is 14.0. The van der Waals surface area contributed by atoms with Gasteiger partial charge >= 0.3 is 11.9 Å². The normalized spacial score (nSPS) is 22.5. The first-order chi connectivity index (χ1) is 25.1. The van der Waals surface area contributed by atoms with E-state index in [4.69, 9.17) is 5.11 Å². The maximum absolute atomic E-state index is 15.1. The van der Waals surface area contributed by atoms with Crippen molar-refractivity contribution >= 4 is 41.3 Å². The van der Waals surface area contributed by atoms with Gasteiger partial charge in [-0.15, -0.1) is 0 Å². The van der Waals surface area contributed by atoms with Gasteiger partial charge in [0.2, 0.25) is 23.5 Å². The van der Waals surface area contributed by atoms with Crippen LogP contribution < -0.4 is 21.3 Å². The number of aromatic nitrogens is 2. The number of alkyl halides is 2. The lowest BCUT2D eigenvalue weighted by Gasteiger charge is -2.35. The highest BCUT2D eigenvalue weighted by Crippen LogP contribution is 2.43. The molecule has 3 aliphatic rings. The van der Waals surface area contributed by atoms with E-state index in [-0.39, 0.29) is 42.8 Å². The summed E-state index contributed by atoms with van der Waals surface area (Å²) in [4.78, 5) is 101. The topological polar surface area (TPSA) is 217 Å². The highest BCUT2D eigenvalue weighted by atomic mass is 19.3. The number of carboxylic acid groups (broad SMARTS) is 1. The molecule has 15 nitrogen and oxygen atoms in total. The number of hydrogen-bond acceptors (Lipinski definition) is 9. The number of carbonyl (C=O) groups is 7. The van der Waals surface area contributed by atoms with E-state index in [2.05, 4.69) is 25.9 Å². The Morgan fingerprint density at radius 3 is 2.23 bits per heavy atom. The van der Waals surface area contributed by atoms with Crippen LogP contribution in [0.15, 0.2) is 18.6 Å². The molecule has 2 saturated carbocycles. The summed E-state index contributed by atoms with van der Waals surface area (Å²) in [5.74, 6) is -13.8. The van der Waals surface area contributed by atoms with Crippen LogP contribution in [0.25, 0.3) is 0 Å². The molecule has 0 unspecified atom stereocenters. The van der Waals surface area contributed by atoms with Crippen LogP contribution in [-0.2, 0) is 28.8 Å². The van der Waals surface area contributed by atoms with Gasteiger partial charge in [0.05, 0.1) is 12.2 Å². The Balaban J connectivity index is 1.55. The maximum Gasteiger partial charge on any atom is 0.383 e. The number of ketones is 1. The highest BCUT2D eigenvalue weighted by Gasteiger charge is 2.54. The number of halogens is 2. The van der Waals surface area contributed by atoms with Gasteiger partial charge in [-0.2, -0.15) is 8.78 Å². The molecule has 0 radical (unpaired) electrons. The minimum absolute atomic E-state index is 0.0307. The number of nitrogens with zero attached hydrogens (tertiary/aromatic N) is 3. The summed E-state index contributed by atoms with van der Waals surface area (Å²) in [5.41, 5.74) is 0.0307. The summed E-state index contributed by atoms with van der Waals surface area (Å²) in [6.07, 6.45) is 10.2. The molecule has 1 saturated heterocycles. The van der Waals surface area contributed by atoms with Crippen molar-refractivity contribution < 1.29 is 47.4 Å². The van der Waals surface area contributed by atoms with Gasteiger partial charge in [0.25, 0.3) is 11.8 Å². The fourth-order valence-electron chi connectivity index (χ4n) is 7.79. The molecule has 1 aromatic rings. The minimum atomic E-state index is -4.65. The molecule has 2 aliphatic carbocycles. The molecular weight excluding hydrogens is 696 g/mol. The lowest BCUT2D eigenvalue weighted by Crippen LogP contribution is -2.61. The van der Waals surface area contributed by atoms with Crippen molar-refractivity contribution in [3.63, 3.8) is 0 Å². The van der Waals surface area contributed by atoms with Gasteiger partial charge in [-0.25, -0.2) is 4.98 Å². The van der Waals surface area contributed by atoms with E-state index in [9.17, 15) is 33.6 Å². The van der Waals surface area contributed by atoms with Gasteiger partial charge < -0.3 is 31.3 Å². The van der Waals surface area contributed by atoms with Crippen LogP contribution in [0.5, 0.6) is 0 Å². The molecule has 5 amide bonds. The Labute approximate surface area is 307 Å². The quantitative estimate of drug-likeness (QED) is 0.155. The number of aliphatic carboxylic acids is 1. The molecule has 7 atom stereocenters. The Bertz CT molecular complexity index is 1520. The second kappa shape index (κ2) is 18.0. The molecule has 53 heavy (non-hydrogen) atoms. The van der Waals surface area contributed by atoms with Gasteiger partial charge in [-0.05, 0) is 62.7 Å². The Morgan fingerprint density at radius 1 is 0.925 bits per heavy atom. The lowest BCUT2D eigenvalue weighted by atomic mass is 9.83. The van der Waals surface area contributed by atoms with Crippen LogP contribution >= 0.6 is 0 Å². The molecule has 4 rings (SSSR count). The fourth-order valence-corrected chi connectivity index (χ4v) is 7.79. The van der Waals surface area contributed by atoms with Crippen molar-refractivity contribution in [2.45, 2.75) is 128 Å². The number of amides is 5. The SMILES string of the molecule is CCC[C@H](NC(=O)[C@@H]1[C@H]2CCC[C@H]2CN1C(=O)[C@@H](NC(=O)[C@@H](NC(=O)c1cnccn1)C1CCCCC1)C(C)C)C(=O)C(F)(F)C(=O)N[C@@H](C)C(=O)O. The first-order valence-corrected chi connectivity index (χ1v) is 18.5. The largest absolute Gasteiger partial charge is 0.480 e.